The van der Waals surface area contributed by atoms with Crippen molar-refractivity contribution in [3.63, 3.8) is 0 Å². The largest absolute Gasteiger partial charge is 0.0837 e. The van der Waals surface area contributed by atoms with E-state index in [-0.39, 0.29) is 0 Å². The molecule has 15 heavy (non-hydrogen) atoms. The van der Waals surface area contributed by atoms with Gasteiger partial charge in [0.2, 0.25) is 0 Å². The molecule has 2 aromatic carbocycles. The second-order valence-corrected chi connectivity index (χ2v) is 4.48. The highest BCUT2D eigenvalue weighted by molar-refractivity contribution is 14.1. The summed E-state index contributed by atoms with van der Waals surface area (Å²) in [6.45, 7) is 0. The van der Waals surface area contributed by atoms with Crippen LogP contribution in [0.5, 0.6) is 0 Å². The van der Waals surface area contributed by atoms with Crippen molar-refractivity contribution >= 4 is 34.2 Å². The Morgan fingerprint density at radius 3 is 2.20 bits per heavy atom. The molecule has 0 saturated carbocycles. The molecule has 0 spiro atoms. The Bertz CT molecular complexity index is 448. The van der Waals surface area contributed by atoms with Crippen molar-refractivity contribution in [2.75, 3.05) is 0 Å². The molecule has 0 aliphatic rings. The van der Waals surface area contributed by atoms with Gasteiger partial charge in [-0.05, 0) is 17.2 Å². The Labute approximate surface area is 108 Å². The Balaban J connectivity index is 2.42. The number of hydrogen-bond donors (Lipinski definition) is 0. The molecule has 0 saturated heterocycles. The van der Waals surface area contributed by atoms with Gasteiger partial charge in [-0.15, -0.1) is 0 Å². The van der Waals surface area contributed by atoms with Crippen molar-refractivity contribution in [2.45, 2.75) is 4.43 Å². The van der Waals surface area contributed by atoms with Gasteiger partial charge in [-0.25, -0.2) is 0 Å². The van der Waals surface area contributed by atoms with Gasteiger partial charge < -0.3 is 0 Å². The first-order chi connectivity index (χ1) is 7.31. The van der Waals surface area contributed by atoms with E-state index in [1.165, 1.54) is 11.1 Å². The lowest BCUT2D eigenvalue weighted by Crippen LogP contribution is -1.81. The molecule has 0 amide bonds. The second-order valence-electron chi connectivity index (χ2n) is 3.31. The molecule has 2 rings (SSSR count). The average molecular weight is 329 g/mol. The van der Waals surface area contributed by atoms with E-state index in [0.717, 1.165) is 15.0 Å². The van der Waals surface area contributed by atoms with Crippen LogP contribution in [0.2, 0.25) is 5.02 Å². The molecular weight excluding hydrogens is 318 g/mol. The van der Waals surface area contributed by atoms with Gasteiger partial charge >= 0.3 is 0 Å². The molecule has 2 aromatic rings. The van der Waals surface area contributed by atoms with E-state index < -0.39 is 0 Å². The molecule has 0 N–H and O–H groups in total. The minimum absolute atomic E-state index is 0.805. The molecule has 0 aliphatic heterocycles. The van der Waals surface area contributed by atoms with Gasteiger partial charge in [0.05, 0.1) is 0 Å². The SMILES string of the molecule is Clc1ccccc1-c1ccc(CI)cc1. The molecule has 0 nitrogen and oxygen atoms in total. The van der Waals surface area contributed by atoms with E-state index in [2.05, 4.69) is 46.9 Å². The van der Waals surface area contributed by atoms with E-state index in [9.17, 15) is 0 Å². The molecular formula is C13H10ClI. The molecule has 76 valence electrons. The normalized spacial score (nSPS) is 10.3. The van der Waals surface area contributed by atoms with Gasteiger partial charge in [0.15, 0.2) is 0 Å². The maximum atomic E-state index is 6.13. The van der Waals surface area contributed by atoms with Gasteiger partial charge in [-0.3, -0.25) is 0 Å². The van der Waals surface area contributed by atoms with Gasteiger partial charge in [0.25, 0.3) is 0 Å². The zero-order valence-electron chi connectivity index (χ0n) is 8.08. The van der Waals surface area contributed by atoms with Gasteiger partial charge in [0.1, 0.15) is 0 Å². The molecule has 0 heterocycles. The summed E-state index contributed by atoms with van der Waals surface area (Å²) in [5.74, 6) is 0. The van der Waals surface area contributed by atoms with E-state index >= 15 is 0 Å². The topological polar surface area (TPSA) is 0 Å². The Hall–Kier alpha value is -0.540. The highest BCUT2D eigenvalue weighted by Gasteiger charge is 2.01. The van der Waals surface area contributed by atoms with Gasteiger partial charge in [0, 0.05) is 15.0 Å². The number of rotatable bonds is 2. The van der Waals surface area contributed by atoms with Gasteiger partial charge in [-0.2, -0.15) is 0 Å². The van der Waals surface area contributed by atoms with Crippen LogP contribution in [0.4, 0.5) is 0 Å². The van der Waals surface area contributed by atoms with E-state index in [1.807, 2.05) is 24.3 Å². The molecule has 0 aromatic heterocycles. The lowest BCUT2D eigenvalue weighted by atomic mass is 10.0. The average Bonchev–Trinajstić information content (AvgIpc) is 2.30. The summed E-state index contributed by atoms with van der Waals surface area (Å²) in [6, 6.07) is 16.4. The number of hydrogen-bond acceptors (Lipinski definition) is 0. The van der Waals surface area contributed by atoms with Crippen LogP contribution in [-0.4, -0.2) is 0 Å². The van der Waals surface area contributed by atoms with Crippen LogP contribution in [0.1, 0.15) is 5.56 Å². The van der Waals surface area contributed by atoms with Gasteiger partial charge in [-0.1, -0.05) is 76.7 Å². The first kappa shape index (κ1) is 11.0. The fourth-order valence-corrected chi connectivity index (χ4v) is 2.22. The first-order valence-corrected chi connectivity index (χ1v) is 6.61. The monoisotopic (exact) mass is 328 g/mol. The molecule has 0 radical (unpaired) electrons. The highest BCUT2D eigenvalue weighted by atomic mass is 127. The van der Waals surface area contributed by atoms with E-state index in [1.54, 1.807) is 0 Å². The maximum absolute atomic E-state index is 6.13. The third kappa shape index (κ3) is 2.52. The van der Waals surface area contributed by atoms with Crippen LogP contribution in [0.25, 0.3) is 11.1 Å². The second kappa shape index (κ2) is 4.99. The number of halogens is 2. The summed E-state index contributed by atoms with van der Waals surface area (Å²) in [5, 5.41) is 0.805. The minimum Gasteiger partial charge on any atom is -0.0837 e. The fraction of sp³-hybridized carbons (Fsp3) is 0.0769. The standard InChI is InChI=1S/C13H10ClI/c14-13-4-2-1-3-12(13)11-7-5-10(9-15)6-8-11/h1-8H,9H2. The summed E-state index contributed by atoms with van der Waals surface area (Å²) in [6.07, 6.45) is 0. The fourth-order valence-electron chi connectivity index (χ4n) is 1.47. The maximum Gasteiger partial charge on any atom is 0.0484 e. The van der Waals surface area contributed by atoms with Crippen molar-refractivity contribution in [2.24, 2.45) is 0 Å². The predicted octanol–water partition coefficient (Wildman–Crippen LogP) is 4.94. The van der Waals surface area contributed by atoms with Crippen LogP contribution < -0.4 is 0 Å². The Kier molecular flexibility index (Phi) is 3.65. The third-order valence-electron chi connectivity index (χ3n) is 2.29. The number of benzene rings is 2. The van der Waals surface area contributed by atoms with Crippen LogP contribution in [0, 0.1) is 0 Å². The number of alkyl halides is 1. The van der Waals surface area contributed by atoms with Crippen molar-refractivity contribution < 1.29 is 0 Å². The van der Waals surface area contributed by atoms with E-state index in [0.29, 0.717) is 0 Å². The summed E-state index contributed by atoms with van der Waals surface area (Å²) >= 11 is 8.49. The van der Waals surface area contributed by atoms with Crippen molar-refractivity contribution in [1.29, 1.82) is 0 Å². The molecule has 0 aliphatic carbocycles. The minimum atomic E-state index is 0.805. The summed E-state index contributed by atoms with van der Waals surface area (Å²) in [7, 11) is 0. The molecule has 0 fully saturated rings. The Morgan fingerprint density at radius 1 is 0.933 bits per heavy atom. The van der Waals surface area contributed by atoms with Crippen LogP contribution in [0.3, 0.4) is 0 Å². The lowest BCUT2D eigenvalue weighted by molar-refractivity contribution is 1.45. The highest BCUT2D eigenvalue weighted by Crippen LogP contribution is 2.27. The molecule has 0 bridgehead atoms. The lowest BCUT2D eigenvalue weighted by Gasteiger charge is -2.04. The third-order valence-corrected chi connectivity index (χ3v) is 3.50. The Morgan fingerprint density at radius 2 is 1.60 bits per heavy atom. The summed E-state index contributed by atoms with van der Waals surface area (Å²) in [4.78, 5) is 0. The summed E-state index contributed by atoms with van der Waals surface area (Å²) in [5.41, 5.74) is 3.61. The first-order valence-electron chi connectivity index (χ1n) is 4.71. The van der Waals surface area contributed by atoms with E-state index in [4.69, 9.17) is 11.6 Å². The van der Waals surface area contributed by atoms with Crippen LogP contribution in [-0.2, 0) is 4.43 Å². The molecule has 2 heteroatoms. The van der Waals surface area contributed by atoms with Crippen molar-refractivity contribution in [3.8, 4) is 11.1 Å². The molecule has 0 atom stereocenters. The quantitative estimate of drug-likeness (QED) is 0.541. The van der Waals surface area contributed by atoms with Crippen molar-refractivity contribution in [3.05, 3.63) is 59.1 Å². The van der Waals surface area contributed by atoms with Crippen LogP contribution >= 0.6 is 34.2 Å². The smallest absolute Gasteiger partial charge is 0.0484 e. The molecule has 0 unspecified atom stereocenters. The zero-order valence-corrected chi connectivity index (χ0v) is 11.0. The zero-order chi connectivity index (χ0) is 10.7. The van der Waals surface area contributed by atoms with Crippen LogP contribution in [0.15, 0.2) is 48.5 Å². The van der Waals surface area contributed by atoms with Crippen molar-refractivity contribution in [1.82, 2.24) is 0 Å². The predicted molar refractivity (Wildman–Crippen MR) is 74.6 cm³/mol. The summed E-state index contributed by atoms with van der Waals surface area (Å²) < 4.78 is 1.04.